The molecule has 2 aromatic heterocycles. The summed E-state index contributed by atoms with van der Waals surface area (Å²) >= 11 is 0. The summed E-state index contributed by atoms with van der Waals surface area (Å²) in [5.74, 6) is 1.05. The molecule has 2 aromatic rings. The van der Waals surface area contributed by atoms with Crippen molar-refractivity contribution in [3.63, 3.8) is 0 Å². The van der Waals surface area contributed by atoms with E-state index in [1.165, 1.54) is 6.42 Å². The Hall–Kier alpha value is -1.58. The quantitative estimate of drug-likeness (QED) is 0.705. The van der Waals surface area contributed by atoms with Crippen molar-refractivity contribution in [3.8, 4) is 0 Å². The number of imidazole rings is 1. The molecule has 0 aliphatic carbocycles. The summed E-state index contributed by atoms with van der Waals surface area (Å²) in [6, 6.07) is 4.07. The lowest BCUT2D eigenvalue weighted by Crippen LogP contribution is -2.37. The van der Waals surface area contributed by atoms with Crippen LogP contribution in [0, 0.1) is 0 Å². The molecule has 0 aromatic carbocycles. The molecule has 13 heavy (non-hydrogen) atoms. The fraction of sp³-hybridized carbons (Fsp3) is 0.333. The molecule has 0 unspecified atom stereocenters. The number of hydrogen-bond acceptors (Lipinski definition) is 3. The van der Waals surface area contributed by atoms with Crippen molar-refractivity contribution >= 4 is 17.0 Å². The van der Waals surface area contributed by atoms with E-state index in [2.05, 4.69) is 19.9 Å². The minimum Gasteiger partial charge on any atom is -0.356 e. The van der Waals surface area contributed by atoms with Crippen molar-refractivity contribution in [3.05, 3.63) is 18.5 Å². The van der Waals surface area contributed by atoms with Crippen LogP contribution in [0.5, 0.6) is 0 Å². The fourth-order valence-corrected chi connectivity index (χ4v) is 1.53. The number of fused-ring (bicyclic) bond motifs is 1. The largest absolute Gasteiger partial charge is 0.356 e. The third-order valence-electron chi connectivity index (χ3n) is 2.45. The van der Waals surface area contributed by atoms with Gasteiger partial charge >= 0.3 is 0 Å². The Labute approximate surface area is 75.6 Å². The predicted octanol–water partition coefficient (Wildman–Crippen LogP) is 1.17. The van der Waals surface area contributed by atoms with Crippen LogP contribution in [0.3, 0.4) is 0 Å². The van der Waals surface area contributed by atoms with Gasteiger partial charge in [-0.25, -0.2) is 9.97 Å². The minimum absolute atomic E-state index is 0.810. The molecular weight excluding hydrogens is 164 g/mol. The molecule has 1 saturated heterocycles. The highest BCUT2D eigenvalue weighted by Crippen LogP contribution is 2.19. The fourth-order valence-electron chi connectivity index (χ4n) is 1.53. The number of anilines is 1. The van der Waals surface area contributed by atoms with Gasteiger partial charge in [0.2, 0.25) is 0 Å². The van der Waals surface area contributed by atoms with Crippen LogP contribution in [0.15, 0.2) is 18.5 Å². The van der Waals surface area contributed by atoms with Gasteiger partial charge in [0.25, 0.3) is 0 Å². The number of hydrogen-bond donors (Lipinski definition) is 1. The van der Waals surface area contributed by atoms with Crippen LogP contribution >= 0.6 is 0 Å². The number of H-pyrrole nitrogens is 1. The Balaban J connectivity index is 2.09. The zero-order chi connectivity index (χ0) is 8.67. The average molecular weight is 174 g/mol. The number of aromatic nitrogens is 3. The highest BCUT2D eigenvalue weighted by molar-refractivity contribution is 5.72. The zero-order valence-electron chi connectivity index (χ0n) is 7.20. The summed E-state index contributed by atoms with van der Waals surface area (Å²) in [5, 5.41) is 0. The van der Waals surface area contributed by atoms with Crippen LogP contribution in [0.2, 0.25) is 0 Å². The summed E-state index contributed by atoms with van der Waals surface area (Å²) in [5.41, 5.74) is 1.81. The van der Waals surface area contributed by atoms with Gasteiger partial charge in [0.15, 0.2) is 5.65 Å². The van der Waals surface area contributed by atoms with Gasteiger partial charge in [0.1, 0.15) is 5.82 Å². The maximum Gasteiger partial charge on any atom is 0.179 e. The van der Waals surface area contributed by atoms with Crippen LogP contribution in [-0.4, -0.2) is 28.0 Å². The van der Waals surface area contributed by atoms with E-state index in [-0.39, 0.29) is 0 Å². The Kier molecular flexibility index (Phi) is 1.30. The maximum atomic E-state index is 4.44. The number of nitrogens with one attached hydrogen (secondary N) is 1. The first-order valence-electron chi connectivity index (χ1n) is 4.48. The molecule has 4 nitrogen and oxygen atoms in total. The SMILES string of the molecule is c1nc2nc(N3CCC3)ccc2[nH]1. The molecule has 0 atom stereocenters. The standard InChI is InChI=1S/C9H10N4/c1-4-13(5-1)8-3-2-7-9(12-8)11-6-10-7/h2-3,6H,1,4-5H2,(H,10,11,12). The van der Waals surface area contributed by atoms with Crippen molar-refractivity contribution in [2.45, 2.75) is 6.42 Å². The van der Waals surface area contributed by atoms with Crippen LogP contribution < -0.4 is 4.90 Å². The van der Waals surface area contributed by atoms with E-state index < -0.39 is 0 Å². The average Bonchev–Trinajstić information content (AvgIpc) is 2.47. The lowest BCUT2D eigenvalue weighted by Gasteiger charge is -2.31. The summed E-state index contributed by atoms with van der Waals surface area (Å²) in [4.78, 5) is 13.9. The van der Waals surface area contributed by atoms with Gasteiger partial charge in [-0.3, -0.25) is 0 Å². The number of aromatic amines is 1. The van der Waals surface area contributed by atoms with Crippen LogP contribution in [0.4, 0.5) is 5.82 Å². The predicted molar refractivity (Wildman–Crippen MR) is 50.7 cm³/mol. The molecule has 0 saturated carbocycles. The second-order valence-corrected chi connectivity index (χ2v) is 3.28. The van der Waals surface area contributed by atoms with Crippen molar-refractivity contribution < 1.29 is 0 Å². The third kappa shape index (κ3) is 0.983. The molecule has 1 aliphatic rings. The summed E-state index contributed by atoms with van der Waals surface area (Å²) in [6.45, 7) is 2.26. The topological polar surface area (TPSA) is 44.8 Å². The lowest BCUT2D eigenvalue weighted by atomic mass is 10.2. The van der Waals surface area contributed by atoms with Gasteiger partial charge in [-0.15, -0.1) is 0 Å². The summed E-state index contributed by atoms with van der Waals surface area (Å²) in [7, 11) is 0. The molecule has 1 aliphatic heterocycles. The molecule has 66 valence electrons. The van der Waals surface area contributed by atoms with Crippen molar-refractivity contribution in [1.82, 2.24) is 15.0 Å². The number of rotatable bonds is 1. The highest BCUT2D eigenvalue weighted by Gasteiger charge is 2.15. The molecule has 0 bridgehead atoms. The lowest BCUT2D eigenvalue weighted by molar-refractivity contribution is 0.610. The van der Waals surface area contributed by atoms with E-state index in [1.54, 1.807) is 6.33 Å². The van der Waals surface area contributed by atoms with Gasteiger partial charge in [-0.1, -0.05) is 0 Å². The zero-order valence-corrected chi connectivity index (χ0v) is 7.20. The Morgan fingerprint density at radius 3 is 3.00 bits per heavy atom. The molecule has 0 amide bonds. The third-order valence-corrected chi connectivity index (χ3v) is 2.45. The van der Waals surface area contributed by atoms with Gasteiger partial charge in [0.05, 0.1) is 11.8 Å². The van der Waals surface area contributed by atoms with E-state index in [0.29, 0.717) is 0 Å². The van der Waals surface area contributed by atoms with Crippen LogP contribution in [0.1, 0.15) is 6.42 Å². The summed E-state index contributed by atoms with van der Waals surface area (Å²) in [6.07, 6.45) is 2.96. The molecule has 0 radical (unpaired) electrons. The highest BCUT2D eigenvalue weighted by atomic mass is 15.2. The summed E-state index contributed by atoms with van der Waals surface area (Å²) < 4.78 is 0. The van der Waals surface area contributed by atoms with E-state index in [4.69, 9.17) is 0 Å². The minimum atomic E-state index is 0.810. The second kappa shape index (κ2) is 2.45. The molecule has 1 fully saturated rings. The monoisotopic (exact) mass is 174 g/mol. The second-order valence-electron chi connectivity index (χ2n) is 3.28. The van der Waals surface area contributed by atoms with Crippen molar-refractivity contribution in [2.75, 3.05) is 18.0 Å². The smallest absolute Gasteiger partial charge is 0.179 e. The van der Waals surface area contributed by atoms with Gasteiger partial charge in [-0.05, 0) is 18.6 Å². The molecular formula is C9H10N4. The van der Waals surface area contributed by atoms with E-state index in [0.717, 1.165) is 30.1 Å². The van der Waals surface area contributed by atoms with Gasteiger partial charge < -0.3 is 9.88 Å². The molecule has 0 spiro atoms. The first-order valence-corrected chi connectivity index (χ1v) is 4.48. The number of nitrogens with zero attached hydrogens (tertiary/aromatic N) is 3. The molecule has 4 heteroatoms. The molecule has 3 rings (SSSR count). The van der Waals surface area contributed by atoms with E-state index in [1.807, 2.05) is 12.1 Å². The van der Waals surface area contributed by atoms with Gasteiger partial charge in [-0.2, -0.15) is 0 Å². The molecule has 3 heterocycles. The van der Waals surface area contributed by atoms with Crippen LogP contribution in [0.25, 0.3) is 11.2 Å². The normalized spacial score (nSPS) is 16.2. The van der Waals surface area contributed by atoms with E-state index >= 15 is 0 Å². The van der Waals surface area contributed by atoms with Crippen molar-refractivity contribution in [1.29, 1.82) is 0 Å². The van der Waals surface area contributed by atoms with Crippen molar-refractivity contribution in [2.24, 2.45) is 0 Å². The van der Waals surface area contributed by atoms with E-state index in [9.17, 15) is 0 Å². The van der Waals surface area contributed by atoms with Crippen LogP contribution in [-0.2, 0) is 0 Å². The Bertz CT molecular complexity index is 430. The first kappa shape index (κ1) is 6.88. The van der Waals surface area contributed by atoms with Gasteiger partial charge in [0, 0.05) is 13.1 Å². The first-order chi connectivity index (χ1) is 6.43. The maximum absolute atomic E-state index is 4.44. The molecule has 1 N–H and O–H groups in total. The Morgan fingerprint density at radius 1 is 1.31 bits per heavy atom. The number of pyridine rings is 1. The Morgan fingerprint density at radius 2 is 2.23 bits per heavy atom.